The van der Waals surface area contributed by atoms with Crippen molar-refractivity contribution in [3.05, 3.63) is 83.6 Å². The van der Waals surface area contributed by atoms with Crippen LogP contribution in [0.15, 0.2) is 76.7 Å². The maximum absolute atomic E-state index is 12.4. The Balaban J connectivity index is 1.72. The Labute approximate surface area is 168 Å². The molecule has 0 radical (unpaired) electrons. The Bertz CT molecular complexity index is 1070. The van der Waals surface area contributed by atoms with E-state index in [0.717, 1.165) is 5.56 Å². The van der Waals surface area contributed by atoms with Gasteiger partial charge in [-0.2, -0.15) is 5.26 Å². The van der Waals surface area contributed by atoms with Gasteiger partial charge in [-0.15, -0.1) is 0 Å². The first kappa shape index (κ1) is 19.6. The van der Waals surface area contributed by atoms with Gasteiger partial charge in [0.15, 0.2) is 0 Å². The normalized spacial score (nSPS) is 10.8. The summed E-state index contributed by atoms with van der Waals surface area (Å²) in [6.45, 7) is 2.01. The molecule has 3 aromatic rings. The molecule has 29 heavy (non-hydrogen) atoms. The molecule has 0 bridgehead atoms. The number of esters is 1. The van der Waals surface area contributed by atoms with E-state index >= 15 is 0 Å². The monoisotopic (exact) mass is 386 g/mol. The van der Waals surface area contributed by atoms with Gasteiger partial charge in [0.2, 0.25) is 0 Å². The predicted octanol–water partition coefficient (Wildman–Crippen LogP) is 4.67. The summed E-state index contributed by atoms with van der Waals surface area (Å²) in [5, 5.41) is 12.0. The molecule has 0 aliphatic rings. The van der Waals surface area contributed by atoms with E-state index in [-0.39, 0.29) is 12.2 Å². The number of anilines is 1. The lowest BCUT2D eigenvalue weighted by molar-refractivity contribution is -0.112. The minimum Gasteiger partial charge on any atom is -0.462 e. The Kier molecular flexibility index (Phi) is 6.23. The van der Waals surface area contributed by atoms with Crippen molar-refractivity contribution in [3.8, 4) is 17.4 Å². The minimum absolute atomic E-state index is 0.103. The fraction of sp³-hybridized carbons (Fsp3) is 0.0870. The van der Waals surface area contributed by atoms with Crippen LogP contribution in [-0.2, 0) is 9.53 Å². The van der Waals surface area contributed by atoms with Crippen LogP contribution in [0.3, 0.4) is 0 Å². The maximum atomic E-state index is 12.4. The number of nitrogens with zero attached hydrogens (tertiary/aromatic N) is 1. The molecule has 2 aromatic carbocycles. The van der Waals surface area contributed by atoms with E-state index in [2.05, 4.69) is 5.32 Å². The van der Waals surface area contributed by atoms with Gasteiger partial charge in [0.25, 0.3) is 5.91 Å². The van der Waals surface area contributed by atoms with E-state index in [9.17, 15) is 14.9 Å². The predicted molar refractivity (Wildman–Crippen MR) is 109 cm³/mol. The average Bonchev–Trinajstić information content (AvgIpc) is 3.22. The third-order valence-electron chi connectivity index (χ3n) is 3.99. The number of rotatable bonds is 6. The first-order valence-electron chi connectivity index (χ1n) is 8.96. The molecule has 0 atom stereocenters. The maximum Gasteiger partial charge on any atom is 0.338 e. The molecule has 0 saturated heterocycles. The molecule has 1 aromatic heterocycles. The lowest BCUT2D eigenvalue weighted by Crippen LogP contribution is -2.13. The van der Waals surface area contributed by atoms with Gasteiger partial charge in [-0.3, -0.25) is 4.79 Å². The summed E-state index contributed by atoms with van der Waals surface area (Å²) in [7, 11) is 0. The quantitative estimate of drug-likeness (QED) is 0.378. The highest BCUT2D eigenvalue weighted by atomic mass is 16.5. The van der Waals surface area contributed by atoms with E-state index < -0.39 is 11.9 Å². The van der Waals surface area contributed by atoms with Gasteiger partial charge in [-0.05, 0) is 43.3 Å². The molecule has 0 aliphatic heterocycles. The van der Waals surface area contributed by atoms with Crippen molar-refractivity contribution in [2.24, 2.45) is 0 Å². The number of amides is 1. The number of carbonyl (C=O) groups is 2. The molecule has 0 unspecified atom stereocenters. The summed E-state index contributed by atoms with van der Waals surface area (Å²) in [6.07, 6.45) is 1.38. The second kappa shape index (κ2) is 9.20. The summed E-state index contributed by atoms with van der Waals surface area (Å²) < 4.78 is 10.6. The molecule has 6 nitrogen and oxygen atoms in total. The zero-order valence-corrected chi connectivity index (χ0v) is 15.7. The third kappa shape index (κ3) is 4.99. The summed E-state index contributed by atoms with van der Waals surface area (Å²) in [4.78, 5) is 24.1. The number of nitrogens with one attached hydrogen (secondary N) is 1. The topological polar surface area (TPSA) is 92.3 Å². The van der Waals surface area contributed by atoms with Gasteiger partial charge < -0.3 is 14.5 Å². The van der Waals surface area contributed by atoms with Crippen molar-refractivity contribution in [2.45, 2.75) is 6.92 Å². The Morgan fingerprint density at radius 2 is 1.79 bits per heavy atom. The fourth-order valence-electron chi connectivity index (χ4n) is 2.58. The molecule has 0 saturated carbocycles. The van der Waals surface area contributed by atoms with Crippen LogP contribution in [0.5, 0.6) is 0 Å². The largest absolute Gasteiger partial charge is 0.462 e. The molecular weight excluding hydrogens is 368 g/mol. The summed E-state index contributed by atoms with van der Waals surface area (Å²) in [6, 6.07) is 21.1. The van der Waals surface area contributed by atoms with E-state index in [1.165, 1.54) is 6.08 Å². The highest BCUT2D eigenvalue weighted by Crippen LogP contribution is 2.23. The van der Waals surface area contributed by atoms with Crippen LogP contribution < -0.4 is 5.32 Å². The van der Waals surface area contributed by atoms with Crippen molar-refractivity contribution >= 4 is 23.6 Å². The molecule has 0 aliphatic carbocycles. The Morgan fingerprint density at radius 1 is 1.07 bits per heavy atom. The average molecular weight is 386 g/mol. The van der Waals surface area contributed by atoms with Gasteiger partial charge in [-0.25, -0.2) is 4.79 Å². The van der Waals surface area contributed by atoms with Gasteiger partial charge >= 0.3 is 5.97 Å². The van der Waals surface area contributed by atoms with Crippen molar-refractivity contribution in [2.75, 3.05) is 11.9 Å². The Hall–Kier alpha value is -4.11. The fourth-order valence-corrected chi connectivity index (χ4v) is 2.58. The Morgan fingerprint density at radius 3 is 2.45 bits per heavy atom. The van der Waals surface area contributed by atoms with E-state index in [1.54, 1.807) is 43.3 Å². The first-order valence-corrected chi connectivity index (χ1v) is 8.96. The molecule has 0 fully saturated rings. The van der Waals surface area contributed by atoms with Crippen LogP contribution >= 0.6 is 0 Å². The lowest BCUT2D eigenvalue weighted by Gasteiger charge is -2.06. The second-order valence-electron chi connectivity index (χ2n) is 5.99. The van der Waals surface area contributed by atoms with Crippen LogP contribution in [0, 0.1) is 11.3 Å². The minimum atomic E-state index is -0.575. The first-order chi connectivity index (χ1) is 14.1. The molecule has 1 amide bonds. The van der Waals surface area contributed by atoms with Crippen molar-refractivity contribution in [1.29, 1.82) is 5.26 Å². The molecule has 1 heterocycles. The van der Waals surface area contributed by atoms with Crippen LogP contribution in [0.4, 0.5) is 5.69 Å². The third-order valence-corrected chi connectivity index (χ3v) is 3.99. The number of hydrogen-bond acceptors (Lipinski definition) is 5. The number of ether oxygens (including phenoxy) is 1. The molecule has 3 rings (SSSR count). The number of benzene rings is 2. The van der Waals surface area contributed by atoms with E-state index in [1.807, 2.05) is 36.4 Å². The van der Waals surface area contributed by atoms with Gasteiger partial charge in [0, 0.05) is 17.3 Å². The van der Waals surface area contributed by atoms with Crippen LogP contribution in [0.25, 0.3) is 17.4 Å². The molecular formula is C23H18N2O4. The number of nitriles is 1. The molecule has 144 valence electrons. The summed E-state index contributed by atoms with van der Waals surface area (Å²) >= 11 is 0. The number of carbonyl (C=O) groups excluding carboxylic acids is 2. The summed E-state index contributed by atoms with van der Waals surface area (Å²) in [5.74, 6) is 0.0291. The van der Waals surface area contributed by atoms with Crippen LogP contribution in [0.1, 0.15) is 23.0 Å². The van der Waals surface area contributed by atoms with Crippen LogP contribution in [-0.4, -0.2) is 18.5 Å². The standard InChI is InChI=1S/C23H18N2O4/c1-2-28-23(27)17-8-10-19(11-9-17)25-22(26)18(15-24)14-20-12-13-21(29-20)16-6-4-3-5-7-16/h3-14H,2H2,1H3,(H,25,26)/b18-14+. The molecule has 6 heteroatoms. The number of hydrogen-bond donors (Lipinski definition) is 1. The van der Waals surface area contributed by atoms with Gasteiger partial charge in [-0.1, -0.05) is 30.3 Å². The van der Waals surface area contributed by atoms with Crippen molar-refractivity contribution < 1.29 is 18.7 Å². The van der Waals surface area contributed by atoms with E-state index in [4.69, 9.17) is 9.15 Å². The van der Waals surface area contributed by atoms with Gasteiger partial charge in [0.05, 0.1) is 12.2 Å². The van der Waals surface area contributed by atoms with Crippen molar-refractivity contribution in [1.82, 2.24) is 0 Å². The second-order valence-corrected chi connectivity index (χ2v) is 5.99. The zero-order chi connectivity index (χ0) is 20.6. The van der Waals surface area contributed by atoms with Crippen LogP contribution in [0.2, 0.25) is 0 Å². The molecule has 0 spiro atoms. The molecule has 1 N–H and O–H groups in total. The SMILES string of the molecule is CCOC(=O)c1ccc(NC(=O)/C(C#N)=C/c2ccc(-c3ccccc3)o2)cc1. The highest BCUT2D eigenvalue weighted by molar-refractivity contribution is 6.09. The van der Waals surface area contributed by atoms with Gasteiger partial charge in [0.1, 0.15) is 23.2 Å². The lowest BCUT2D eigenvalue weighted by atomic mass is 10.2. The zero-order valence-electron chi connectivity index (χ0n) is 15.7. The summed E-state index contributed by atoms with van der Waals surface area (Å²) in [5.41, 5.74) is 1.63. The number of furan rings is 1. The smallest absolute Gasteiger partial charge is 0.338 e. The highest BCUT2D eigenvalue weighted by Gasteiger charge is 2.12. The van der Waals surface area contributed by atoms with Crippen molar-refractivity contribution in [3.63, 3.8) is 0 Å². The van der Waals surface area contributed by atoms with E-state index in [0.29, 0.717) is 22.8 Å².